The van der Waals surface area contributed by atoms with Crippen LogP contribution in [0.1, 0.15) is 18.1 Å². The average Bonchev–Trinajstić information content (AvgIpc) is 2.62. The van der Waals surface area contributed by atoms with E-state index in [0.29, 0.717) is 18.0 Å². The van der Waals surface area contributed by atoms with E-state index in [1.54, 1.807) is 7.11 Å². The third-order valence-electron chi connectivity index (χ3n) is 3.87. The van der Waals surface area contributed by atoms with Crippen molar-refractivity contribution in [1.29, 1.82) is 0 Å². The van der Waals surface area contributed by atoms with Crippen LogP contribution in [0, 0.1) is 0 Å². The lowest BCUT2D eigenvalue weighted by Gasteiger charge is -2.21. The molecule has 0 bridgehead atoms. The second kappa shape index (κ2) is 10.2. The van der Waals surface area contributed by atoms with E-state index in [2.05, 4.69) is 0 Å². The van der Waals surface area contributed by atoms with Gasteiger partial charge in [0.05, 0.1) is 7.11 Å². The molecule has 2 aromatic carbocycles. The summed E-state index contributed by atoms with van der Waals surface area (Å²) in [6, 6.07) is 13.4. The van der Waals surface area contributed by atoms with E-state index >= 15 is 0 Å². The van der Waals surface area contributed by atoms with Crippen molar-refractivity contribution in [1.82, 2.24) is 4.90 Å². The number of nitrogens with zero attached hydrogens (tertiary/aromatic N) is 1. The van der Waals surface area contributed by atoms with Crippen molar-refractivity contribution in [3.05, 3.63) is 64.7 Å². The van der Waals surface area contributed by atoms with Gasteiger partial charge in [-0.2, -0.15) is 0 Å². The monoisotopic (exact) mass is 375 g/mol. The second-order valence-corrected chi connectivity index (χ2v) is 6.63. The fraction of sp³-hybridized carbons (Fsp3) is 0.333. The van der Waals surface area contributed by atoms with Crippen LogP contribution < -0.4 is 9.47 Å². The number of ether oxygens (including phenoxy) is 2. The highest BCUT2D eigenvalue weighted by atomic mass is 35.5. The Kier molecular flexibility index (Phi) is 7.98. The zero-order valence-corrected chi connectivity index (χ0v) is 16.2. The van der Waals surface area contributed by atoms with Crippen molar-refractivity contribution in [3.8, 4) is 11.5 Å². The van der Waals surface area contributed by atoms with Crippen LogP contribution in [-0.4, -0.2) is 43.4 Å². The summed E-state index contributed by atoms with van der Waals surface area (Å²) in [5, 5.41) is 11.0. The van der Waals surface area contributed by atoms with Crippen LogP contribution in [0.3, 0.4) is 0 Å². The third kappa shape index (κ3) is 6.37. The molecule has 26 heavy (non-hydrogen) atoms. The lowest BCUT2D eigenvalue weighted by Crippen LogP contribution is -2.32. The summed E-state index contributed by atoms with van der Waals surface area (Å²) in [5.41, 5.74) is 2.19. The number of aliphatic hydroxyl groups excluding tert-OH is 1. The summed E-state index contributed by atoms with van der Waals surface area (Å²) < 4.78 is 11.1. The van der Waals surface area contributed by atoms with Crippen molar-refractivity contribution < 1.29 is 14.6 Å². The molecule has 4 nitrogen and oxygen atoms in total. The fourth-order valence-electron chi connectivity index (χ4n) is 2.66. The highest BCUT2D eigenvalue weighted by molar-refractivity contribution is 6.30. The molecular formula is C21H26ClNO3. The smallest absolute Gasteiger partial charge is 0.161 e. The number of methoxy groups -OCH3 is 1. The van der Waals surface area contributed by atoms with Crippen LogP contribution in [0.2, 0.25) is 5.02 Å². The minimum Gasteiger partial charge on any atom is -0.493 e. The Hall–Kier alpha value is -2.01. The summed E-state index contributed by atoms with van der Waals surface area (Å²) in [7, 11) is 3.57. The number of benzene rings is 2. The van der Waals surface area contributed by atoms with Gasteiger partial charge in [-0.25, -0.2) is 0 Å². The minimum atomic E-state index is -0.604. The van der Waals surface area contributed by atoms with E-state index in [1.165, 1.54) is 0 Å². The SMILES string of the molecule is C/C=C/c1ccc(OC[C@H](O)CN(C)Cc2ccc(Cl)cc2)c(OC)c1. The predicted octanol–water partition coefficient (Wildman–Crippen LogP) is 4.25. The normalized spacial score (nSPS) is 12.5. The standard InChI is InChI=1S/C21H26ClNO3/c1-4-5-16-8-11-20(21(12-16)25-3)26-15-19(24)14-23(2)13-17-6-9-18(22)10-7-17/h4-12,19,24H,13-15H2,1-3H3/b5-4+/t19-/m1/s1. The molecule has 2 rings (SSSR count). The Labute approximate surface area is 160 Å². The number of likely N-dealkylation sites (N-methyl/N-ethyl adjacent to an activating group) is 1. The summed E-state index contributed by atoms with van der Waals surface area (Å²) in [6.07, 6.45) is 3.36. The zero-order valence-electron chi connectivity index (χ0n) is 15.5. The van der Waals surface area contributed by atoms with Gasteiger partial charge in [0.2, 0.25) is 0 Å². The number of rotatable bonds is 9. The molecule has 140 valence electrons. The quantitative estimate of drug-likeness (QED) is 0.711. The maximum atomic E-state index is 10.3. The number of halogens is 1. The van der Waals surface area contributed by atoms with Crippen molar-refractivity contribution in [2.75, 3.05) is 27.3 Å². The van der Waals surface area contributed by atoms with Gasteiger partial charge in [-0.1, -0.05) is 42.0 Å². The van der Waals surface area contributed by atoms with Crippen LogP contribution in [-0.2, 0) is 6.54 Å². The number of hydrogen-bond acceptors (Lipinski definition) is 4. The highest BCUT2D eigenvalue weighted by Crippen LogP contribution is 2.28. The first kappa shape index (κ1) is 20.3. The Morgan fingerprint density at radius 2 is 1.88 bits per heavy atom. The van der Waals surface area contributed by atoms with Gasteiger partial charge in [-0.3, -0.25) is 4.90 Å². The Morgan fingerprint density at radius 3 is 2.54 bits per heavy atom. The Balaban J connectivity index is 1.85. The summed E-state index contributed by atoms with van der Waals surface area (Å²) in [5.74, 6) is 1.28. The summed E-state index contributed by atoms with van der Waals surface area (Å²) in [4.78, 5) is 2.05. The minimum absolute atomic E-state index is 0.199. The van der Waals surface area contributed by atoms with E-state index in [4.69, 9.17) is 21.1 Å². The van der Waals surface area contributed by atoms with Crippen molar-refractivity contribution in [3.63, 3.8) is 0 Å². The predicted molar refractivity (Wildman–Crippen MR) is 107 cm³/mol. The maximum Gasteiger partial charge on any atom is 0.161 e. The van der Waals surface area contributed by atoms with Crippen LogP contribution in [0.4, 0.5) is 0 Å². The van der Waals surface area contributed by atoms with Gasteiger partial charge in [-0.05, 0) is 49.4 Å². The largest absolute Gasteiger partial charge is 0.493 e. The molecule has 0 saturated heterocycles. The van der Waals surface area contributed by atoms with Crippen LogP contribution >= 0.6 is 11.6 Å². The molecule has 0 aromatic heterocycles. The summed E-state index contributed by atoms with van der Waals surface area (Å²) in [6.45, 7) is 3.40. The number of hydrogen-bond donors (Lipinski definition) is 1. The molecule has 0 fully saturated rings. The summed E-state index contributed by atoms with van der Waals surface area (Å²) >= 11 is 5.90. The lowest BCUT2D eigenvalue weighted by atomic mass is 10.2. The molecule has 0 aliphatic carbocycles. The van der Waals surface area contributed by atoms with Gasteiger partial charge < -0.3 is 14.6 Å². The average molecular weight is 376 g/mol. The van der Waals surface area contributed by atoms with Crippen molar-refractivity contribution >= 4 is 17.7 Å². The topological polar surface area (TPSA) is 41.9 Å². The first-order valence-electron chi connectivity index (χ1n) is 8.56. The molecule has 0 saturated carbocycles. The fourth-order valence-corrected chi connectivity index (χ4v) is 2.79. The van der Waals surface area contributed by atoms with E-state index in [0.717, 1.165) is 22.7 Å². The maximum absolute atomic E-state index is 10.3. The lowest BCUT2D eigenvalue weighted by molar-refractivity contribution is 0.0733. The second-order valence-electron chi connectivity index (χ2n) is 6.20. The van der Waals surface area contributed by atoms with Crippen molar-refractivity contribution in [2.45, 2.75) is 19.6 Å². The van der Waals surface area contributed by atoms with Crippen LogP contribution in [0.15, 0.2) is 48.5 Å². The molecule has 0 spiro atoms. The number of allylic oxidation sites excluding steroid dienone is 1. The molecule has 1 atom stereocenters. The Bertz CT molecular complexity index is 716. The number of aliphatic hydroxyl groups is 1. The van der Waals surface area contributed by atoms with E-state index in [9.17, 15) is 5.11 Å². The first-order chi connectivity index (χ1) is 12.5. The molecule has 0 radical (unpaired) electrons. The molecule has 5 heteroatoms. The molecule has 0 unspecified atom stereocenters. The zero-order chi connectivity index (χ0) is 18.9. The van der Waals surface area contributed by atoms with Gasteiger partial charge in [0.15, 0.2) is 11.5 Å². The van der Waals surface area contributed by atoms with Gasteiger partial charge in [0.1, 0.15) is 12.7 Å². The van der Waals surface area contributed by atoms with Crippen molar-refractivity contribution in [2.24, 2.45) is 0 Å². The molecular weight excluding hydrogens is 350 g/mol. The van der Waals surface area contributed by atoms with Crippen LogP contribution in [0.5, 0.6) is 11.5 Å². The molecule has 0 aliphatic rings. The first-order valence-corrected chi connectivity index (χ1v) is 8.94. The molecule has 2 aromatic rings. The molecule has 0 amide bonds. The van der Waals surface area contributed by atoms with E-state index < -0.39 is 6.10 Å². The molecule has 1 N–H and O–H groups in total. The van der Waals surface area contributed by atoms with E-state index in [1.807, 2.05) is 73.5 Å². The third-order valence-corrected chi connectivity index (χ3v) is 4.12. The van der Waals surface area contributed by atoms with Gasteiger partial charge in [-0.15, -0.1) is 0 Å². The van der Waals surface area contributed by atoms with Gasteiger partial charge in [0.25, 0.3) is 0 Å². The van der Waals surface area contributed by atoms with Gasteiger partial charge >= 0.3 is 0 Å². The van der Waals surface area contributed by atoms with Crippen LogP contribution in [0.25, 0.3) is 6.08 Å². The molecule has 0 aliphatic heterocycles. The highest BCUT2D eigenvalue weighted by Gasteiger charge is 2.12. The van der Waals surface area contributed by atoms with Gasteiger partial charge in [0, 0.05) is 18.1 Å². The Morgan fingerprint density at radius 1 is 1.15 bits per heavy atom. The molecule has 0 heterocycles. The van der Waals surface area contributed by atoms with E-state index in [-0.39, 0.29) is 6.61 Å².